The predicted molar refractivity (Wildman–Crippen MR) is 72.1 cm³/mol. The highest BCUT2D eigenvalue weighted by molar-refractivity contribution is 6.00. The monoisotopic (exact) mass is 264 g/mol. The molecule has 4 heteroatoms. The lowest BCUT2D eigenvalue weighted by Gasteiger charge is -2.13. The van der Waals surface area contributed by atoms with E-state index in [1.54, 1.807) is 18.2 Å². The van der Waals surface area contributed by atoms with Crippen LogP contribution in [0.3, 0.4) is 0 Å². The van der Waals surface area contributed by atoms with E-state index >= 15 is 0 Å². The van der Waals surface area contributed by atoms with Crippen LogP contribution in [-0.2, 0) is 4.74 Å². The Morgan fingerprint density at radius 1 is 1.26 bits per heavy atom. The third kappa shape index (κ3) is 3.26. The minimum Gasteiger partial charge on any atom is -0.490 e. The number of hydrogen-bond donors (Lipinski definition) is 0. The molecule has 1 aliphatic rings. The molecule has 0 aliphatic carbocycles. The van der Waals surface area contributed by atoms with Crippen LogP contribution in [-0.4, -0.2) is 31.7 Å². The van der Waals surface area contributed by atoms with Crippen molar-refractivity contribution in [1.82, 2.24) is 0 Å². The Morgan fingerprint density at radius 3 is 2.63 bits per heavy atom. The molecule has 4 nitrogen and oxygen atoms in total. The Hall–Kier alpha value is -1.55. The van der Waals surface area contributed by atoms with Crippen molar-refractivity contribution in [1.29, 1.82) is 0 Å². The van der Waals surface area contributed by atoms with Crippen LogP contribution in [0.5, 0.6) is 11.5 Å². The Bertz CT molecular complexity index is 436. The maximum atomic E-state index is 12.3. The number of hydrogen-bond acceptors (Lipinski definition) is 4. The second-order valence-electron chi connectivity index (χ2n) is 4.39. The van der Waals surface area contributed by atoms with Crippen molar-refractivity contribution in [2.45, 2.75) is 32.8 Å². The number of benzene rings is 1. The van der Waals surface area contributed by atoms with Crippen molar-refractivity contribution in [2.75, 3.05) is 19.8 Å². The zero-order chi connectivity index (χ0) is 13.7. The molecular weight excluding hydrogens is 244 g/mol. The highest BCUT2D eigenvalue weighted by atomic mass is 16.5. The van der Waals surface area contributed by atoms with Gasteiger partial charge in [0.15, 0.2) is 17.3 Å². The van der Waals surface area contributed by atoms with Crippen molar-refractivity contribution in [3.8, 4) is 11.5 Å². The van der Waals surface area contributed by atoms with Gasteiger partial charge in [-0.25, -0.2) is 0 Å². The highest BCUT2D eigenvalue weighted by Crippen LogP contribution is 2.30. The molecule has 1 aromatic rings. The minimum atomic E-state index is -0.299. The average molecular weight is 264 g/mol. The fourth-order valence-electron chi connectivity index (χ4n) is 2.17. The minimum absolute atomic E-state index is 0.0292. The number of ketones is 1. The van der Waals surface area contributed by atoms with Crippen LogP contribution in [0.4, 0.5) is 0 Å². The van der Waals surface area contributed by atoms with Crippen LogP contribution in [0.25, 0.3) is 0 Å². The number of carbonyl (C=O) groups excluding carboxylic acids is 1. The maximum Gasteiger partial charge on any atom is 0.191 e. The molecule has 0 saturated carbocycles. The number of rotatable bonds is 6. The summed E-state index contributed by atoms with van der Waals surface area (Å²) in [5, 5.41) is 0. The van der Waals surface area contributed by atoms with Gasteiger partial charge in [0.05, 0.1) is 13.2 Å². The zero-order valence-corrected chi connectivity index (χ0v) is 11.5. The lowest BCUT2D eigenvalue weighted by atomic mass is 10.0. The molecule has 0 bridgehead atoms. The van der Waals surface area contributed by atoms with E-state index < -0.39 is 0 Å². The molecular formula is C15H20O4. The molecule has 2 rings (SSSR count). The summed E-state index contributed by atoms with van der Waals surface area (Å²) < 4.78 is 16.4. The van der Waals surface area contributed by atoms with Gasteiger partial charge in [-0.05, 0) is 44.9 Å². The quantitative estimate of drug-likeness (QED) is 0.741. The fraction of sp³-hybridized carbons (Fsp3) is 0.533. The number of carbonyl (C=O) groups is 1. The number of ether oxygens (including phenoxy) is 3. The summed E-state index contributed by atoms with van der Waals surface area (Å²) in [7, 11) is 0. The summed E-state index contributed by atoms with van der Waals surface area (Å²) in [5.41, 5.74) is 0.624. The summed E-state index contributed by atoms with van der Waals surface area (Å²) in [6.07, 6.45) is 1.45. The van der Waals surface area contributed by atoms with Crippen LogP contribution >= 0.6 is 0 Å². The molecule has 0 N–H and O–H groups in total. The number of Topliss-reactive ketones (excluding diaryl/α,β-unsaturated/α-hetero) is 1. The lowest BCUT2D eigenvalue weighted by molar-refractivity contribution is 0.0642. The van der Waals surface area contributed by atoms with Crippen LogP contribution < -0.4 is 9.47 Å². The standard InChI is InChI=1S/C15H20O4/c1-3-17-12-8-7-11(10-14(12)18-4-2)15(16)13-6-5-9-19-13/h7-8,10,13H,3-6,9H2,1-2H3. The molecule has 1 aliphatic heterocycles. The topological polar surface area (TPSA) is 44.8 Å². The Balaban J connectivity index is 2.21. The zero-order valence-electron chi connectivity index (χ0n) is 11.5. The van der Waals surface area contributed by atoms with Crippen LogP contribution in [0.15, 0.2) is 18.2 Å². The van der Waals surface area contributed by atoms with E-state index in [0.717, 1.165) is 12.8 Å². The van der Waals surface area contributed by atoms with Gasteiger partial charge in [-0.15, -0.1) is 0 Å². The average Bonchev–Trinajstić information content (AvgIpc) is 2.94. The second kappa shape index (κ2) is 6.57. The molecule has 1 saturated heterocycles. The van der Waals surface area contributed by atoms with Crippen molar-refractivity contribution >= 4 is 5.78 Å². The molecule has 0 aromatic heterocycles. The largest absolute Gasteiger partial charge is 0.490 e. The van der Waals surface area contributed by atoms with Gasteiger partial charge < -0.3 is 14.2 Å². The smallest absolute Gasteiger partial charge is 0.191 e. The molecule has 1 heterocycles. The second-order valence-corrected chi connectivity index (χ2v) is 4.39. The van der Waals surface area contributed by atoms with E-state index in [1.165, 1.54) is 0 Å². The molecule has 0 radical (unpaired) electrons. The molecule has 0 amide bonds. The first-order chi connectivity index (χ1) is 9.26. The van der Waals surface area contributed by atoms with Gasteiger partial charge in [-0.2, -0.15) is 0 Å². The Morgan fingerprint density at radius 2 is 2.00 bits per heavy atom. The fourth-order valence-corrected chi connectivity index (χ4v) is 2.17. The van der Waals surface area contributed by atoms with E-state index in [-0.39, 0.29) is 11.9 Å². The molecule has 1 aromatic carbocycles. The molecule has 1 atom stereocenters. The summed E-state index contributed by atoms with van der Waals surface area (Å²) in [6.45, 7) is 5.61. The van der Waals surface area contributed by atoms with Gasteiger partial charge in [0.2, 0.25) is 0 Å². The first kappa shape index (κ1) is 13.9. The first-order valence-corrected chi connectivity index (χ1v) is 6.81. The van der Waals surface area contributed by atoms with E-state index in [0.29, 0.717) is 36.9 Å². The van der Waals surface area contributed by atoms with E-state index in [1.807, 2.05) is 13.8 Å². The summed E-state index contributed by atoms with van der Waals surface area (Å²) in [6, 6.07) is 5.31. The van der Waals surface area contributed by atoms with E-state index in [2.05, 4.69) is 0 Å². The highest BCUT2D eigenvalue weighted by Gasteiger charge is 2.25. The normalized spacial score (nSPS) is 18.3. The van der Waals surface area contributed by atoms with Crippen LogP contribution in [0.1, 0.15) is 37.0 Å². The van der Waals surface area contributed by atoms with Gasteiger partial charge in [0.25, 0.3) is 0 Å². The lowest BCUT2D eigenvalue weighted by Crippen LogP contribution is -2.19. The van der Waals surface area contributed by atoms with Crippen LogP contribution in [0.2, 0.25) is 0 Å². The van der Waals surface area contributed by atoms with Crippen molar-refractivity contribution in [3.63, 3.8) is 0 Å². The van der Waals surface area contributed by atoms with Gasteiger partial charge in [0.1, 0.15) is 6.10 Å². The maximum absolute atomic E-state index is 12.3. The Kier molecular flexibility index (Phi) is 4.80. The van der Waals surface area contributed by atoms with Gasteiger partial charge in [-0.1, -0.05) is 0 Å². The third-order valence-electron chi connectivity index (χ3n) is 3.05. The van der Waals surface area contributed by atoms with Crippen molar-refractivity contribution < 1.29 is 19.0 Å². The third-order valence-corrected chi connectivity index (χ3v) is 3.05. The van der Waals surface area contributed by atoms with E-state index in [4.69, 9.17) is 14.2 Å². The van der Waals surface area contributed by atoms with Gasteiger partial charge in [-0.3, -0.25) is 4.79 Å². The summed E-state index contributed by atoms with van der Waals surface area (Å²) in [4.78, 5) is 12.3. The first-order valence-electron chi connectivity index (χ1n) is 6.81. The van der Waals surface area contributed by atoms with Crippen LogP contribution in [0, 0.1) is 0 Å². The van der Waals surface area contributed by atoms with Crippen molar-refractivity contribution in [2.24, 2.45) is 0 Å². The molecule has 19 heavy (non-hydrogen) atoms. The summed E-state index contributed by atoms with van der Waals surface area (Å²) in [5.74, 6) is 1.32. The van der Waals surface area contributed by atoms with Gasteiger partial charge >= 0.3 is 0 Å². The predicted octanol–water partition coefficient (Wildman–Crippen LogP) is 2.85. The van der Waals surface area contributed by atoms with Gasteiger partial charge in [0, 0.05) is 12.2 Å². The van der Waals surface area contributed by atoms with E-state index in [9.17, 15) is 4.79 Å². The van der Waals surface area contributed by atoms with Crippen molar-refractivity contribution in [3.05, 3.63) is 23.8 Å². The molecule has 104 valence electrons. The Labute approximate surface area is 113 Å². The SMILES string of the molecule is CCOc1ccc(C(=O)C2CCCO2)cc1OCC. The molecule has 0 spiro atoms. The molecule has 1 unspecified atom stereocenters. The summed E-state index contributed by atoms with van der Waals surface area (Å²) >= 11 is 0. The molecule has 1 fully saturated rings.